The zero-order chi connectivity index (χ0) is 14.8. The molecule has 0 aliphatic heterocycles. The Labute approximate surface area is 125 Å². The molecule has 106 valence electrons. The Kier molecular flexibility index (Phi) is 3.62. The van der Waals surface area contributed by atoms with Crippen molar-refractivity contribution >= 4 is 11.5 Å². The van der Waals surface area contributed by atoms with Crippen LogP contribution < -0.4 is 4.90 Å². The van der Waals surface area contributed by atoms with E-state index in [1.54, 1.807) is 0 Å². The van der Waals surface area contributed by atoms with Crippen molar-refractivity contribution in [3.8, 4) is 6.07 Å². The standard InChI is InChI=1S/C18H19N3/c1-13-7-9-16(10-8-13)21(2)18-15(12-19)11-14-5-3-4-6-17(14)20-18/h7-11H,3-6H2,1-2H3. The van der Waals surface area contributed by atoms with Crippen LogP contribution in [0.2, 0.25) is 0 Å². The van der Waals surface area contributed by atoms with Gasteiger partial charge in [-0.25, -0.2) is 4.98 Å². The number of benzene rings is 1. The predicted octanol–water partition coefficient (Wildman–Crippen LogP) is 3.91. The lowest BCUT2D eigenvalue weighted by Gasteiger charge is -2.23. The second-order valence-corrected chi connectivity index (χ2v) is 5.68. The molecule has 1 aromatic heterocycles. The van der Waals surface area contributed by atoms with E-state index in [2.05, 4.69) is 37.3 Å². The summed E-state index contributed by atoms with van der Waals surface area (Å²) in [7, 11) is 1.98. The highest BCUT2D eigenvalue weighted by atomic mass is 15.2. The largest absolute Gasteiger partial charge is 0.328 e. The second kappa shape index (κ2) is 5.57. The van der Waals surface area contributed by atoms with Crippen LogP contribution in [-0.2, 0) is 12.8 Å². The highest BCUT2D eigenvalue weighted by Gasteiger charge is 2.18. The molecular formula is C18H19N3. The first-order valence-corrected chi connectivity index (χ1v) is 7.42. The molecule has 0 saturated heterocycles. The van der Waals surface area contributed by atoms with Gasteiger partial charge >= 0.3 is 0 Å². The van der Waals surface area contributed by atoms with Crippen molar-refractivity contribution in [2.45, 2.75) is 32.6 Å². The van der Waals surface area contributed by atoms with Gasteiger partial charge in [-0.2, -0.15) is 5.26 Å². The Balaban J connectivity index is 2.04. The van der Waals surface area contributed by atoms with E-state index in [0.29, 0.717) is 5.56 Å². The Morgan fingerprint density at radius 1 is 1.14 bits per heavy atom. The summed E-state index contributed by atoms with van der Waals surface area (Å²) in [6.45, 7) is 2.07. The van der Waals surface area contributed by atoms with Gasteiger partial charge in [0.25, 0.3) is 0 Å². The van der Waals surface area contributed by atoms with Gasteiger partial charge in [0.1, 0.15) is 6.07 Å². The number of rotatable bonds is 2. The number of nitrogens with zero attached hydrogens (tertiary/aromatic N) is 3. The average Bonchev–Trinajstić information content (AvgIpc) is 2.53. The molecular weight excluding hydrogens is 258 g/mol. The number of nitriles is 1. The lowest BCUT2D eigenvalue weighted by Crippen LogP contribution is -2.16. The molecule has 0 bridgehead atoms. The molecule has 3 heteroatoms. The smallest absolute Gasteiger partial charge is 0.151 e. The quantitative estimate of drug-likeness (QED) is 0.835. The van der Waals surface area contributed by atoms with Crippen molar-refractivity contribution in [3.63, 3.8) is 0 Å². The summed E-state index contributed by atoms with van der Waals surface area (Å²) in [4.78, 5) is 6.79. The Hall–Kier alpha value is -2.34. The van der Waals surface area contributed by atoms with Crippen LogP contribution >= 0.6 is 0 Å². The fourth-order valence-electron chi connectivity index (χ4n) is 2.85. The van der Waals surface area contributed by atoms with Gasteiger partial charge in [0, 0.05) is 18.4 Å². The maximum atomic E-state index is 9.44. The average molecular weight is 277 g/mol. The molecule has 0 fully saturated rings. The molecule has 0 saturated carbocycles. The molecule has 1 aliphatic rings. The summed E-state index contributed by atoms with van der Waals surface area (Å²) in [6.07, 6.45) is 4.47. The van der Waals surface area contributed by atoms with Crippen molar-refractivity contribution in [2.24, 2.45) is 0 Å². The number of aryl methyl sites for hydroxylation is 3. The summed E-state index contributed by atoms with van der Waals surface area (Å²) in [5.41, 5.74) is 5.36. The van der Waals surface area contributed by atoms with E-state index in [1.807, 2.05) is 18.0 Å². The normalized spacial score (nSPS) is 13.4. The second-order valence-electron chi connectivity index (χ2n) is 5.68. The maximum Gasteiger partial charge on any atom is 0.151 e. The van der Waals surface area contributed by atoms with Gasteiger partial charge < -0.3 is 4.90 Å². The molecule has 0 atom stereocenters. The van der Waals surface area contributed by atoms with E-state index in [4.69, 9.17) is 4.98 Å². The van der Waals surface area contributed by atoms with Crippen molar-refractivity contribution in [1.82, 2.24) is 4.98 Å². The number of pyridine rings is 1. The van der Waals surface area contributed by atoms with Gasteiger partial charge in [-0.1, -0.05) is 17.7 Å². The number of anilines is 2. The maximum absolute atomic E-state index is 9.44. The van der Waals surface area contributed by atoms with Crippen LogP contribution in [0.25, 0.3) is 0 Å². The molecule has 0 N–H and O–H groups in total. The van der Waals surface area contributed by atoms with E-state index in [-0.39, 0.29) is 0 Å². The van der Waals surface area contributed by atoms with Gasteiger partial charge in [-0.05, 0) is 56.4 Å². The van der Waals surface area contributed by atoms with Gasteiger partial charge in [0.15, 0.2) is 5.82 Å². The van der Waals surface area contributed by atoms with Gasteiger partial charge in [0.05, 0.1) is 5.56 Å². The van der Waals surface area contributed by atoms with Gasteiger partial charge in [0.2, 0.25) is 0 Å². The Bertz CT molecular complexity index is 696. The van der Waals surface area contributed by atoms with Crippen molar-refractivity contribution in [3.05, 3.63) is 52.7 Å². The third-order valence-corrected chi connectivity index (χ3v) is 4.14. The first kappa shape index (κ1) is 13.6. The number of aromatic nitrogens is 1. The molecule has 0 radical (unpaired) electrons. The van der Waals surface area contributed by atoms with Crippen LogP contribution in [0.4, 0.5) is 11.5 Å². The highest BCUT2D eigenvalue weighted by molar-refractivity contribution is 5.66. The lowest BCUT2D eigenvalue weighted by atomic mass is 9.95. The summed E-state index contributed by atoms with van der Waals surface area (Å²) >= 11 is 0. The molecule has 1 aliphatic carbocycles. The van der Waals surface area contributed by atoms with E-state index in [0.717, 1.165) is 30.0 Å². The third kappa shape index (κ3) is 2.62. The monoisotopic (exact) mass is 277 g/mol. The van der Waals surface area contributed by atoms with Gasteiger partial charge in [-0.15, -0.1) is 0 Å². The zero-order valence-corrected chi connectivity index (χ0v) is 12.6. The molecule has 3 nitrogen and oxygen atoms in total. The van der Waals surface area contributed by atoms with Crippen LogP contribution in [0.1, 0.15) is 35.2 Å². The summed E-state index contributed by atoms with van der Waals surface area (Å²) in [6, 6.07) is 12.6. The molecule has 0 spiro atoms. The van der Waals surface area contributed by atoms with Crippen LogP contribution in [0.3, 0.4) is 0 Å². The molecule has 0 amide bonds. The van der Waals surface area contributed by atoms with Crippen LogP contribution in [0.15, 0.2) is 30.3 Å². The highest BCUT2D eigenvalue weighted by Crippen LogP contribution is 2.29. The third-order valence-electron chi connectivity index (χ3n) is 4.14. The lowest BCUT2D eigenvalue weighted by molar-refractivity contribution is 0.667. The van der Waals surface area contributed by atoms with E-state index >= 15 is 0 Å². The number of fused-ring (bicyclic) bond motifs is 1. The van der Waals surface area contributed by atoms with E-state index < -0.39 is 0 Å². The Morgan fingerprint density at radius 2 is 1.86 bits per heavy atom. The fraction of sp³-hybridized carbons (Fsp3) is 0.333. The van der Waals surface area contributed by atoms with Crippen molar-refractivity contribution < 1.29 is 0 Å². The predicted molar refractivity (Wildman–Crippen MR) is 84.8 cm³/mol. The molecule has 1 heterocycles. The number of hydrogen-bond acceptors (Lipinski definition) is 3. The topological polar surface area (TPSA) is 39.9 Å². The van der Waals surface area contributed by atoms with Crippen molar-refractivity contribution in [1.29, 1.82) is 5.26 Å². The minimum absolute atomic E-state index is 0.665. The first-order chi connectivity index (χ1) is 10.2. The van der Waals surface area contributed by atoms with Crippen LogP contribution in [0, 0.1) is 18.3 Å². The summed E-state index contributed by atoms with van der Waals surface area (Å²) in [5.74, 6) is 0.766. The molecule has 2 aromatic rings. The molecule has 3 rings (SSSR count). The molecule has 21 heavy (non-hydrogen) atoms. The molecule has 0 unspecified atom stereocenters. The van der Waals surface area contributed by atoms with Gasteiger partial charge in [-0.3, -0.25) is 0 Å². The van der Waals surface area contributed by atoms with Crippen LogP contribution in [0.5, 0.6) is 0 Å². The first-order valence-electron chi connectivity index (χ1n) is 7.42. The minimum Gasteiger partial charge on any atom is -0.328 e. The van der Waals surface area contributed by atoms with E-state index in [1.165, 1.54) is 24.0 Å². The minimum atomic E-state index is 0.665. The van der Waals surface area contributed by atoms with E-state index in [9.17, 15) is 5.26 Å². The SMILES string of the molecule is Cc1ccc(N(C)c2nc3c(cc2C#N)CCCC3)cc1. The number of hydrogen-bond donors (Lipinski definition) is 0. The molecule has 1 aromatic carbocycles. The fourth-order valence-corrected chi connectivity index (χ4v) is 2.85. The Morgan fingerprint density at radius 3 is 2.57 bits per heavy atom. The summed E-state index contributed by atoms with van der Waals surface area (Å²) in [5, 5.41) is 9.44. The van der Waals surface area contributed by atoms with Crippen LogP contribution in [-0.4, -0.2) is 12.0 Å². The van der Waals surface area contributed by atoms with Crippen molar-refractivity contribution in [2.75, 3.05) is 11.9 Å². The summed E-state index contributed by atoms with van der Waals surface area (Å²) < 4.78 is 0. The zero-order valence-electron chi connectivity index (χ0n) is 12.6.